The van der Waals surface area contributed by atoms with Crippen LogP contribution in [0.2, 0.25) is 0 Å². The standard InChI is InChI=1S/C21H25NO5/c1-2-3-13-22-20(23)15-27-21(24)16-26-19-11-9-18(10-12-19)25-14-17-7-5-4-6-8-17/h4-12H,2-3,13-16H2,1H3,(H,22,23). The highest BCUT2D eigenvalue weighted by Gasteiger charge is 2.08. The van der Waals surface area contributed by atoms with Crippen LogP contribution in [0.4, 0.5) is 0 Å². The fourth-order valence-corrected chi connectivity index (χ4v) is 2.16. The fourth-order valence-electron chi connectivity index (χ4n) is 2.16. The number of hydrogen-bond donors (Lipinski definition) is 1. The Kier molecular flexibility index (Phi) is 8.69. The second-order valence-corrected chi connectivity index (χ2v) is 5.90. The summed E-state index contributed by atoms with van der Waals surface area (Å²) in [6.07, 6.45) is 1.89. The van der Waals surface area contributed by atoms with Crippen LogP contribution in [-0.2, 0) is 20.9 Å². The minimum atomic E-state index is -0.593. The van der Waals surface area contributed by atoms with Crippen LogP contribution in [0.3, 0.4) is 0 Å². The summed E-state index contributed by atoms with van der Waals surface area (Å²) >= 11 is 0. The van der Waals surface area contributed by atoms with Gasteiger partial charge in [-0.3, -0.25) is 4.79 Å². The highest BCUT2D eigenvalue weighted by molar-refractivity contribution is 5.80. The van der Waals surface area contributed by atoms with E-state index in [1.165, 1.54) is 0 Å². The van der Waals surface area contributed by atoms with Crippen LogP contribution < -0.4 is 14.8 Å². The molecule has 1 N–H and O–H groups in total. The number of carbonyl (C=O) groups excluding carboxylic acids is 2. The Morgan fingerprint density at radius 3 is 2.22 bits per heavy atom. The number of carbonyl (C=O) groups is 2. The zero-order valence-corrected chi connectivity index (χ0v) is 15.5. The van der Waals surface area contributed by atoms with Crippen LogP contribution in [0.1, 0.15) is 25.3 Å². The van der Waals surface area contributed by atoms with E-state index in [-0.39, 0.29) is 19.1 Å². The molecule has 0 saturated carbocycles. The molecule has 2 aromatic rings. The number of esters is 1. The van der Waals surface area contributed by atoms with E-state index in [4.69, 9.17) is 14.2 Å². The van der Waals surface area contributed by atoms with Crippen LogP contribution in [0.15, 0.2) is 54.6 Å². The molecule has 0 aliphatic rings. The molecule has 144 valence electrons. The maximum absolute atomic E-state index is 11.6. The fraction of sp³-hybridized carbons (Fsp3) is 0.333. The molecule has 27 heavy (non-hydrogen) atoms. The minimum absolute atomic E-state index is 0.257. The Labute approximate surface area is 159 Å². The van der Waals surface area contributed by atoms with Crippen molar-refractivity contribution >= 4 is 11.9 Å². The van der Waals surface area contributed by atoms with Gasteiger partial charge >= 0.3 is 5.97 Å². The van der Waals surface area contributed by atoms with E-state index < -0.39 is 5.97 Å². The van der Waals surface area contributed by atoms with Crippen molar-refractivity contribution in [2.24, 2.45) is 0 Å². The van der Waals surface area contributed by atoms with Gasteiger partial charge in [-0.15, -0.1) is 0 Å². The van der Waals surface area contributed by atoms with Crippen molar-refractivity contribution in [1.29, 1.82) is 0 Å². The first kappa shape index (κ1) is 20.3. The van der Waals surface area contributed by atoms with Gasteiger partial charge in [0.25, 0.3) is 5.91 Å². The zero-order valence-electron chi connectivity index (χ0n) is 15.5. The number of nitrogens with one attached hydrogen (secondary N) is 1. The molecule has 0 aliphatic heterocycles. The molecule has 0 heterocycles. The summed E-state index contributed by atoms with van der Waals surface area (Å²) in [5.41, 5.74) is 1.08. The van der Waals surface area contributed by atoms with Crippen LogP contribution in [0.5, 0.6) is 11.5 Å². The Morgan fingerprint density at radius 2 is 1.56 bits per heavy atom. The third-order valence-electron chi connectivity index (χ3n) is 3.65. The Bertz CT molecular complexity index is 700. The lowest BCUT2D eigenvalue weighted by molar-refractivity contribution is -0.150. The summed E-state index contributed by atoms with van der Waals surface area (Å²) < 4.78 is 15.9. The molecule has 0 aliphatic carbocycles. The molecule has 0 unspecified atom stereocenters. The van der Waals surface area contributed by atoms with Crippen molar-refractivity contribution in [3.63, 3.8) is 0 Å². The van der Waals surface area contributed by atoms with E-state index in [0.717, 1.165) is 18.4 Å². The van der Waals surface area contributed by atoms with Gasteiger partial charge in [-0.25, -0.2) is 4.79 Å². The SMILES string of the molecule is CCCCNC(=O)COC(=O)COc1ccc(OCc2ccccc2)cc1. The van der Waals surface area contributed by atoms with E-state index in [9.17, 15) is 9.59 Å². The number of benzene rings is 2. The number of unbranched alkanes of at least 4 members (excludes halogenated alkanes) is 1. The number of amides is 1. The maximum atomic E-state index is 11.6. The Balaban J connectivity index is 1.65. The van der Waals surface area contributed by atoms with Gasteiger partial charge in [-0.1, -0.05) is 43.7 Å². The number of hydrogen-bond acceptors (Lipinski definition) is 5. The second kappa shape index (κ2) is 11.6. The van der Waals surface area contributed by atoms with E-state index in [1.807, 2.05) is 37.3 Å². The first-order valence-electron chi connectivity index (χ1n) is 8.99. The molecule has 0 fully saturated rings. The van der Waals surface area contributed by atoms with Crippen LogP contribution in [0, 0.1) is 0 Å². The smallest absolute Gasteiger partial charge is 0.344 e. The largest absolute Gasteiger partial charge is 0.489 e. The van der Waals surface area contributed by atoms with Gasteiger partial charge in [0, 0.05) is 6.54 Å². The Morgan fingerprint density at radius 1 is 0.889 bits per heavy atom. The lowest BCUT2D eigenvalue weighted by Gasteiger charge is -2.09. The topological polar surface area (TPSA) is 73.9 Å². The average Bonchev–Trinajstić information content (AvgIpc) is 2.71. The maximum Gasteiger partial charge on any atom is 0.344 e. The predicted molar refractivity (Wildman–Crippen MR) is 102 cm³/mol. The first-order valence-corrected chi connectivity index (χ1v) is 8.99. The summed E-state index contributed by atoms with van der Waals surface area (Å²) in [4.78, 5) is 23.1. The van der Waals surface area contributed by atoms with E-state index >= 15 is 0 Å². The van der Waals surface area contributed by atoms with E-state index in [1.54, 1.807) is 24.3 Å². The lowest BCUT2D eigenvalue weighted by atomic mass is 10.2. The predicted octanol–water partition coefficient (Wildman–Crippen LogP) is 3.10. The summed E-state index contributed by atoms with van der Waals surface area (Å²) in [6.45, 7) is 2.55. The van der Waals surface area contributed by atoms with E-state index in [0.29, 0.717) is 24.7 Å². The Hall–Kier alpha value is -3.02. The molecule has 0 bridgehead atoms. The molecule has 0 atom stereocenters. The van der Waals surface area contributed by atoms with Crippen molar-refractivity contribution < 1.29 is 23.8 Å². The third-order valence-corrected chi connectivity index (χ3v) is 3.65. The number of rotatable bonds is 11. The molecule has 2 aromatic carbocycles. The van der Waals surface area contributed by atoms with Gasteiger partial charge in [-0.2, -0.15) is 0 Å². The van der Waals surface area contributed by atoms with Crippen LogP contribution >= 0.6 is 0 Å². The van der Waals surface area contributed by atoms with Crippen molar-refractivity contribution in [1.82, 2.24) is 5.32 Å². The molecular weight excluding hydrogens is 346 g/mol. The van der Waals surface area contributed by atoms with Crippen LogP contribution in [0.25, 0.3) is 0 Å². The monoisotopic (exact) mass is 371 g/mol. The van der Waals surface area contributed by atoms with Crippen molar-refractivity contribution in [3.8, 4) is 11.5 Å². The van der Waals surface area contributed by atoms with Gasteiger partial charge in [0.05, 0.1) is 0 Å². The molecule has 0 saturated heterocycles. The second-order valence-electron chi connectivity index (χ2n) is 5.90. The van der Waals surface area contributed by atoms with Gasteiger partial charge in [0.1, 0.15) is 18.1 Å². The summed E-state index contributed by atoms with van der Waals surface area (Å²) in [6, 6.07) is 16.8. The molecule has 0 radical (unpaired) electrons. The van der Waals surface area contributed by atoms with Gasteiger partial charge in [0.2, 0.25) is 0 Å². The zero-order chi connectivity index (χ0) is 19.3. The van der Waals surface area contributed by atoms with Crippen molar-refractivity contribution in [2.75, 3.05) is 19.8 Å². The normalized spacial score (nSPS) is 10.1. The van der Waals surface area contributed by atoms with Gasteiger partial charge in [-0.05, 0) is 36.2 Å². The molecule has 0 spiro atoms. The molecule has 1 amide bonds. The summed E-state index contributed by atoms with van der Waals surface area (Å²) in [5.74, 6) is 0.325. The average molecular weight is 371 g/mol. The summed E-state index contributed by atoms with van der Waals surface area (Å²) in [7, 11) is 0. The van der Waals surface area contributed by atoms with Crippen molar-refractivity contribution in [3.05, 3.63) is 60.2 Å². The molecule has 6 heteroatoms. The highest BCUT2D eigenvalue weighted by Crippen LogP contribution is 2.18. The van der Waals surface area contributed by atoms with Gasteiger partial charge < -0.3 is 19.5 Å². The van der Waals surface area contributed by atoms with E-state index in [2.05, 4.69) is 5.32 Å². The minimum Gasteiger partial charge on any atom is -0.489 e. The first-order chi connectivity index (χ1) is 13.2. The molecular formula is C21H25NO5. The van der Waals surface area contributed by atoms with Crippen LogP contribution in [-0.4, -0.2) is 31.6 Å². The molecule has 0 aromatic heterocycles. The molecule has 2 rings (SSSR count). The lowest BCUT2D eigenvalue weighted by Crippen LogP contribution is -2.30. The summed E-state index contributed by atoms with van der Waals surface area (Å²) in [5, 5.41) is 2.67. The highest BCUT2D eigenvalue weighted by atomic mass is 16.6. The molecule has 6 nitrogen and oxygen atoms in total. The quantitative estimate of drug-likeness (QED) is 0.485. The third kappa shape index (κ3) is 8.27. The van der Waals surface area contributed by atoms with Crippen molar-refractivity contribution in [2.45, 2.75) is 26.4 Å². The number of ether oxygens (including phenoxy) is 3. The van der Waals surface area contributed by atoms with Gasteiger partial charge in [0.15, 0.2) is 13.2 Å².